The quantitative estimate of drug-likeness (QED) is 0.592. The highest BCUT2D eigenvalue weighted by Gasteiger charge is 2.37. The number of anilines is 1. The molecule has 10 heteroatoms. The maximum absolute atomic E-state index is 14.5. The van der Waals surface area contributed by atoms with Crippen LogP contribution in [-0.4, -0.2) is 48.1 Å². The molecule has 0 aliphatic carbocycles. The van der Waals surface area contributed by atoms with Crippen molar-refractivity contribution in [3.8, 4) is 0 Å². The molecule has 0 N–H and O–H groups in total. The number of hydrogen-bond donors (Lipinski definition) is 0. The number of alkyl halides is 3. The van der Waals surface area contributed by atoms with Crippen LogP contribution in [0.5, 0.6) is 0 Å². The first-order valence-corrected chi connectivity index (χ1v) is 8.71. The number of aromatic nitrogens is 2. The lowest BCUT2D eigenvalue weighted by atomic mass is 10.1. The molecule has 138 valence electrons. The van der Waals surface area contributed by atoms with Gasteiger partial charge in [-0.1, -0.05) is 0 Å². The Morgan fingerprint density at radius 3 is 2.38 bits per heavy atom. The summed E-state index contributed by atoms with van der Waals surface area (Å²) in [5.74, 6) is -3.13. The fourth-order valence-electron chi connectivity index (χ4n) is 3.10. The first-order chi connectivity index (χ1) is 12.3. The van der Waals surface area contributed by atoms with E-state index in [1.54, 1.807) is 0 Å². The van der Waals surface area contributed by atoms with Gasteiger partial charge < -0.3 is 9.80 Å². The molecule has 0 unspecified atom stereocenters. The van der Waals surface area contributed by atoms with Crippen LogP contribution in [0, 0.1) is 11.6 Å². The summed E-state index contributed by atoms with van der Waals surface area (Å²) >= 11 is 1.08. The maximum atomic E-state index is 14.5. The number of benzene rings is 1. The second-order valence-electron chi connectivity index (χ2n) is 6.20. The largest absolute Gasteiger partial charge is 0.419 e. The van der Waals surface area contributed by atoms with Crippen molar-refractivity contribution < 1.29 is 22.0 Å². The maximum Gasteiger partial charge on any atom is 0.419 e. The molecule has 0 saturated carbocycles. The molecule has 26 heavy (non-hydrogen) atoms. The highest BCUT2D eigenvalue weighted by atomic mass is 32.1. The molecule has 1 aliphatic rings. The third-order valence-corrected chi connectivity index (χ3v) is 5.39. The van der Waals surface area contributed by atoms with Gasteiger partial charge in [-0.2, -0.15) is 13.2 Å². The number of pyridine rings is 1. The standard InChI is InChI=1S/C16H13F5N4S/c1-24-2-4-25(5-3-24)15-13-14(26-7-22-13)8-6-9(16(19,20)21)10(17)11(18)12(8)23-15/h6-7H,2-5H2,1H3. The SMILES string of the molecule is CN1CCN(c2nc3c(F)c(F)c(C(F)(F)F)cc3c3scnc23)CC1. The van der Waals surface area contributed by atoms with Gasteiger partial charge in [-0.05, 0) is 13.1 Å². The van der Waals surface area contributed by atoms with Crippen LogP contribution < -0.4 is 4.90 Å². The molecular weight excluding hydrogens is 375 g/mol. The van der Waals surface area contributed by atoms with E-state index in [4.69, 9.17) is 0 Å². The minimum absolute atomic E-state index is 0.0772. The van der Waals surface area contributed by atoms with E-state index in [1.807, 2.05) is 11.9 Å². The number of hydrogen-bond acceptors (Lipinski definition) is 5. The van der Waals surface area contributed by atoms with E-state index in [1.165, 1.54) is 5.51 Å². The van der Waals surface area contributed by atoms with E-state index >= 15 is 0 Å². The van der Waals surface area contributed by atoms with Gasteiger partial charge in [0, 0.05) is 31.6 Å². The van der Waals surface area contributed by atoms with E-state index < -0.39 is 28.9 Å². The number of rotatable bonds is 1. The van der Waals surface area contributed by atoms with Crippen LogP contribution in [0.1, 0.15) is 5.56 Å². The zero-order valence-corrected chi connectivity index (χ0v) is 14.4. The normalized spacial score (nSPS) is 16.8. The molecule has 1 aromatic carbocycles. The molecule has 0 amide bonds. The summed E-state index contributed by atoms with van der Waals surface area (Å²) in [6.45, 7) is 2.75. The van der Waals surface area contributed by atoms with Crippen LogP contribution in [0.25, 0.3) is 21.1 Å². The van der Waals surface area contributed by atoms with Gasteiger partial charge in [0.2, 0.25) is 0 Å². The van der Waals surface area contributed by atoms with Crippen LogP contribution >= 0.6 is 11.3 Å². The lowest BCUT2D eigenvalue weighted by Gasteiger charge is -2.33. The minimum atomic E-state index is -4.99. The summed E-state index contributed by atoms with van der Waals surface area (Å²) in [5, 5.41) is -0.0772. The lowest BCUT2D eigenvalue weighted by Crippen LogP contribution is -2.44. The number of fused-ring (bicyclic) bond motifs is 3. The van der Waals surface area contributed by atoms with Crippen LogP contribution in [0.4, 0.5) is 27.8 Å². The first-order valence-electron chi connectivity index (χ1n) is 7.83. The predicted octanol–water partition coefficient (Wildman–Crippen LogP) is 3.89. The number of thiazole rings is 1. The van der Waals surface area contributed by atoms with Crippen LogP contribution in [-0.2, 0) is 6.18 Å². The highest BCUT2D eigenvalue weighted by Crippen LogP contribution is 2.40. The molecule has 0 bridgehead atoms. The number of nitrogens with zero attached hydrogens (tertiary/aromatic N) is 4. The van der Waals surface area contributed by atoms with Crippen LogP contribution in [0.15, 0.2) is 11.6 Å². The second kappa shape index (κ2) is 5.98. The van der Waals surface area contributed by atoms with E-state index in [-0.39, 0.29) is 5.39 Å². The zero-order chi connectivity index (χ0) is 18.6. The summed E-state index contributed by atoms with van der Waals surface area (Å²) in [5.41, 5.74) is -0.154. The summed E-state index contributed by atoms with van der Waals surface area (Å²) in [6, 6.07) is 0.620. The van der Waals surface area contributed by atoms with Gasteiger partial charge in [-0.3, -0.25) is 0 Å². The molecular formula is C16H13F5N4S. The van der Waals surface area contributed by atoms with E-state index in [9.17, 15) is 22.0 Å². The monoisotopic (exact) mass is 388 g/mol. The molecule has 1 saturated heterocycles. The Hall–Kier alpha value is -2.07. The summed E-state index contributed by atoms with van der Waals surface area (Å²) < 4.78 is 67.9. The van der Waals surface area contributed by atoms with E-state index in [0.717, 1.165) is 24.4 Å². The smallest absolute Gasteiger partial charge is 0.352 e. The van der Waals surface area contributed by atoms with Gasteiger partial charge in [0.15, 0.2) is 17.5 Å². The topological polar surface area (TPSA) is 32.3 Å². The van der Waals surface area contributed by atoms with Crippen molar-refractivity contribution in [3.63, 3.8) is 0 Å². The molecule has 3 heterocycles. The highest BCUT2D eigenvalue weighted by molar-refractivity contribution is 7.17. The van der Waals surface area contributed by atoms with Crippen molar-refractivity contribution in [2.45, 2.75) is 6.18 Å². The third kappa shape index (κ3) is 2.67. The average Bonchev–Trinajstić information content (AvgIpc) is 3.07. The molecule has 4 nitrogen and oxygen atoms in total. The molecule has 4 rings (SSSR count). The number of likely N-dealkylation sites (N-methyl/N-ethyl adjacent to an activating group) is 1. The number of halogens is 5. The lowest BCUT2D eigenvalue weighted by molar-refractivity contribution is -0.140. The van der Waals surface area contributed by atoms with E-state index in [0.29, 0.717) is 35.2 Å². The van der Waals surface area contributed by atoms with E-state index in [2.05, 4.69) is 14.9 Å². The third-order valence-electron chi connectivity index (χ3n) is 4.53. The number of piperazine rings is 1. The van der Waals surface area contributed by atoms with Gasteiger partial charge in [0.05, 0.1) is 15.8 Å². The van der Waals surface area contributed by atoms with Gasteiger partial charge in [0.25, 0.3) is 0 Å². The fraction of sp³-hybridized carbons (Fsp3) is 0.375. The van der Waals surface area contributed by atoms with Gasteiger partial charge >= 0.3 is 6.18 Å². The minimum Gasteiger partial charge on any atom is -0.352 e. The van der Waals surface area contributed by atoms with Crippen LogP contribution in [0.3, 0.4) is 0 Å². The van der Waals surface area contributed by atoms with Crippen LogP contribution in [0.2, 0.25) is 0 Å². The molecule has 0 spiro atoms. The van der Waals surface area contributed by atoms with Crippen molar-refractivity contribution in [2.75, 3.05) is 38.1 Å². The Balaban J connectivity index is 1.99. The summed E-state index contributed by atoms with van der Waals surface area (Å²) in [4.78, 5) is 12.4. The molecule has 0 radical (unpaired) electrons. The van der Waals surface area contributed by atoms with Gasteiger partial charge in [0.1, 0.15) is 11.0 Å². The molecule has 1 aliphatic heterocycles. The Labute approximate surface area is 148 Å². The van der Waals surface area contributed by atoms with Gasteiger partial charge in [-0.25, -0.2) is 18.7 Å². The summed E-state index contributed by atoms with van der Waals surface area (Å²) in [7, 11) is 1.97. The summed E-state index contributed by atoms with van der Waals surface area (Å²) in [6.07, 6.45) is -4.99. The van der Waals surface area contributed by atoms with Crippen molar-refractivity contribution in [1.82, 2.24) is 14.9 Å². The zero-order valence-electron chi connectivity index (χ0n) is 13.6. The molecule has 0 atom stereocenters. The molecule has 2 aromatic heterocycles. The molecule has 1 fully saturated rings. The Bertz CT molecular complexity index is 992. The van der Waals surface area contributed by atoms with Gasteiger partial charge in [-0.15, -0.1) is 11.3 Å². The predicted molar refractivity (Wildman–Crippen MR) is 89.5 cm³/mol. The van der Waals surface area contributed by atoms with Crippen molar-refractivity contribution in [3.05, 3.63) is 28.8 Å². The Morgan fingerprint density at radius 1 is 1.04 bits per heavy atom. The first kappa shape index (κ1) is 17.3. The second-order valence-corrected chi connectivity index (χ2v) is 7.06. The average molecular weight is 388 g/mol. The molecule has 3 aromatic rings. The fourth-order valence-corrected chi connectivity index (χ4v) is 3.90. The van der Waals surface area contributed by atoms with Crippen molar-refractivity contribution >= 4 is 38.3 Å². The van der Waals surface area contributed by atoms with Crippen molar-refractivity contribution in [1.29, 1.82) is 0 Å². The van der Waals surface area contributed by atoms with Crippen molar-refractivity contribution in [2.24, 2.45) is 0 Å². The Kier molecular flexibility index (Phi) is 3.99. The Morgan fingerprint density at radius 2 is 1.73 bits per heavy atom.